The molecule has 0 radical (unpaired) electrons. The Kier molecular flexibility index (Phi) is 3.94. The van der Waals surface area contributed by atoms with E-state index in [1.807, 2.05) is 16.8 Å². The van der Waals surface area contributed by atoms with Gasteiger partial charge in [-0.15, -0.1) is 0 Å². The van der Waals surface area contributed by atoms with Gasteiger partial charge in [-0.2, -0.15) is 11.3 Å². The number of halogens is 1. The minimum Gasteiger partial charge on any atom is -0.489 e. The van der Waals surface area contributed by atoms with E-state index < -0.39 is 11.8 Å². The van der Waals surface area contributed by atoms with Gasteiger partial charge in [-0.1, -0.05) is 6.07 Å². The van der Waals surface area contributed by atoms with E-state index in [0.29, 0.717) is 6.42 Å². The number of hydrogen-bond donors (Lipinski definition) is 1. The van der Waals surface area contributed by atoms with Crippen molar-refractivity contribution in [2.75, 3.05) is 6.61 Å². The van der Waals surface area contributed by atoms with E-state index in [0.717, 1.165) is 5.56 Å². The molecular formula is C13H11FO3S. The molecule has 94 valence electrons. The fourth-order valence-corrected chi connectivity index (χ4v) is 2.23. The summed E-state index contributed by atoms with van der Waals surface area (Å²) in [6.07, 6.45) is 0.622. The number of benzene rings is 1. The van der Waals surface area contributed by atoms with Gasteiger partial charge in [-0.05, 0) is 34.5 Å². The lowest BCUT2D eigenvalue weighted by Gasteiger charge is -2.09. The first-order valence-corrected chi connectivity index (χ1v) is 6.28. The van der Waals surface area contributed by atoms with Gasteiger partial charge in [0, 0.05) is 6.42 Å². The van der Waals surface area contributed by atoms with Gasteiger partial charge in [0.2, 0.25) is 0 Å². The predicted molar refractivity (Wildman–Crippen MR) is 66.9 cm³/mol. The molecule has 0 atom stereocenters. The van der Waals surface area contributed by atoms with Crippen molar-refractivity contribution in [2.45, 2.75) is 6.42 Å². The summed E-state index contributed by atoms with van der Waals surface area (Å²) in [6.45, 7) is 0.248. The van der Waals surface area contributed by atoms with Crippen LogP contribution in [0.4, 0.5) is 4.39 Å². The Morgan fingerprint density at radius 1 is 1.39 bits per heavy atom. The summed E-state index contributed by atoms with van der Waals surface area (Å²) >= 11 is 1.57. The Labute approximate surface area is 107 Å². The molecule has 18 heavy (non-hydrogen) atoms. The molecule has 1 N–H and O–H groups in total. The topological polar surface area (TPSA) is 46.5 Å². The fraction of sp³-hybridized carbons (Fsp3) is 0.154. The second kappa shape index (κ2) is 5.64. The Morgan fingerprint density at radius 3 is 2.89 bits per heavy atom. The minimum atomic E-state index is -1.19. The third kappa shape index (κ3) is 2.87. The lowest BCUT2D eigenvalue weighted by atomic mass is 10.2. The van der Waals surface area contributed by atoms with Gasteiger partial charge in [0.05, 0.1) is 6.61 Å². The molecule has 0 aliphatic carbocycles. The van der Waals surface area contributed by atoms with Crippen LogP contribution in [0.1, 0.15) is 15.9 Å². The summed E-state index contributed by atoms with van der Waals surface area (Å²) in [5, 5.41) is 12.8. The van der Waals surface area contributed by atoms with Gasteiger partial charge in [0.15, 0.2) is 11.6 Å². The van der Waals surface area contributed by atoms with Crippen molar-refractivity contribution >= 4 is 17.3 Å². The highest BCUT2D eigenvalue weighted by molar-refractivity contribution is 7.07. The number of carboxylic acid groups (broad SMARTS) is 1. The number of carboxylic acids is 1. The lowest BCUT2D eigenvalue weighted by molar-refractivity contribution is 0.0691. The number of carbonyl (C=O) groups is 1. The first-order valence-electron chi connectivity index (χ1n) is 5.34. The molecule has 2 rings (SSSR count). The van der Waals surface area contributed by atoms with E-state index >= 15 is 0 Å². The van der Waals surface area contributed by atoms with Crippen molar-refractivity contribution in [1.82, 2.24) is 0 Å². The number of thiophene rings is 1. The maximum Gasteiger partial charge on any atom is 0.339 e. The van der Waals surface area contributed by atoms with Gasteiger partial charge in [0.1, 0.15) is 5.56 Å². The lowest BCUT2D eigenvalue weighted by Crippen LogP contribution is -2.07. The molecule has 1 heterocycles. The van der Waals surface area contributed by atoms with Gasteiger partial charge < -0.3 is 9.84 Å². The molecule has 0 aliphatic rings. The highest BCUT2D eigenvalue weighted by atomic mass is 32.1. The maximum atomic E-state index is 13.5. The standard InChI is InChI=1S/C13H11FO3S/c14-11-3-1-2-10(13(15)16)12(11)17-6-4-9-5-7-18-8-9/h1-3,5,7-8H,4,6H2,(H,15,16). The van der Waals surface area contributed by atoms with Crippen molar-refractivity contribution in [1.29, 1.82) is 0 Å². The second-order valence-electron chi connectivity index (χ2n) is 3.65. The molecule has 0 saturated heterocycles. The number of aromatic carboxylic acids is 1. The smallest absolute Gasteiger partial charge is 0.339 e. The zero-order valence-corrected chi connectivity index (χ0v) is 10.2. The van der Waals surface area contributed by atoms with E-state index in [2.05, 4.69) is 0 Å². The summed E-state index contributed by atoms with van der Waals surface area (Å²) in [6, 6.07) is 5.82. The first-order chi connectivity index (χ1) is 8.68. The minimum absolute atomic E-state index is 0.152. The third-order valence-corrected chi connectivity index (χ3v) is 3.15. The predicted octanol–water partition coefficient (Wildman–Crippen LogP) is 3.21. The Balaban J connectivity index is 2.06. The van der Waals surface area contributed by atoms with Crippen LogP contribution in [0.25, 0.3) is 0 Å². The molecule has 2 aromatic rings. The normalized spacial score (nSPS) is 10.3. The average molecular weight is 266 g/mol. The Bertz CT molecular complexity index is 537. The van der Waals surface area contributed by atoms with Crippen molar-refractivity contribution in [2.24, 2.45) is 0 Å². The molecule has 0 spiro atoms. The average Bonchev–Trinajstić information content (AvgIpc) is 2.84. The van der Waals surface area contributed by atoms with Gasteiger partial charge in [-0.3, -0.25) is 0 Å². The molecule has 1 aromatic heterocycles. The molecular weight excluding hydrogens is 255 g/mol. The van der Waals surface area contributed by atoms with E-state index in [-0.39, 0.29) is 17.9 Å². The van der Waals surface area contributed by atoms with E-state index in [4.69, 9.17) is 9.84 Å². The Morgan fingerprint density at radius 2 is 2.22 bits per heavy atom. The van der Waals surface area contributed by atoms with Gasteiger partial charge in [0.25, 0.3) is 0 Å². The number of para-hydroxylation sites is 1. The molecule has 0 saturated carbocycles. The molecule has 3 nitrogen and oxygen atoms in total. The largest absolute Gasteiger partial charge is 0.489 e. The molecule has 1 aromatic carbocycles. The highest BCUT2D eigenvalue weighted by Gasteiger charge is 2.15. The van der Waals surface area contributed by atoms with Crippen LogP contribution in [0.15, 0.2) is 35.0 Å². The van der Waals surface area contributed by atoms with E-state index in [9.17, 15) is 9.18 Å². The van der Waals surface area contributed by atoms with E-state index in [1.54, 1.807) is 11.3 Å². The summed E-state index contributed by atoms with van der Waals surface area (Å²) in [5.41, 5.74) is 0.938. The number of rotatable bonds is 5. The second-order valence-corrected chi connectivity index (χ2v) is 4.43. The number of hydrogen-bond acceptors (Lipinski definition) is 3. The van der Waals surface area contributed by atoms with Crippen LogP contribution in [0.5, 0.6) is 5.75 Å². The SMILES string of the molecule is O=C(O)c1cccc(F)c1OCCc1ccsc1. The molecule has 0 bridgehead atoms. The van der Waals surface area contributed by atoms with Crippen LogP contribution in [0, 0.1) is 5.82 Å². The van der Waals surface area contributed by atoms with Crippen LogP contribution in [-0.4, -0.2) is 17.7 Å². The van der Waals surface area contributed by atoms with Crippen LogP contribution in [-0.2, 0) is 6.42 Å². The Hall–Kier alpha value is -1.88. The monoisotopic (exact) mass is 266 g/mol. The summed E-state index contributed by atoms with van der Waals surface area (Å²) in [7, 11) is 0. The highest BCUT2D eigenvalue weighted by Crippen LogP contribution is 2.23. The van der Waals surface area contributed by atoms with Crippen LogP contribution < -0.4 is 4.74 Å². The van der Waals surface area contributed by atoms with E-state index in [1.165, 1.54) is 18.2 Å². The van der Waals surface area contributed by atoms with Gasteiger partial charge in [-0.25, -0.2) is 9.18 Å². The van der Waals surface area contributed by atoms with Crippen molar-refractivity contribution < 1.29 is 19.0 Å². The summed E-state index contributed by atoms with van der Waals surface area (Å²) in [5.74, 6) is -2.04. The molecule has 5 heteroatoms. The van der Waals surface area contributed by atoms with Crippen LogP contribution in [0.3, 0.4) is 0 Å². The number of ether oxygens (including phenoxy) is 1. The fourth-order valence-electron chi connectivity index (χ4n) is 1.53. The zero-order valence-electron chi connectivity index (χ0n) is 9.43. The quantitative estimate of drug-likeness (QED) is 0.904. The van der Waals surface area contributed by atoms with Crippen molar-refractivity contribution in [3.63, 3.8) is 0 Å². The summed E-state index contributed by atoms with van der Waals surface area (Å²) in [4.78, 5) is 10.9. The van der Waals surface area contributed by atoms with Crippen molar-refractivity contribution in [3.8, 4) is 5.75 Å². The first kappa shape index (κ1) is 12.6. The van der Waals surface area contributed by atoms with Gasteiger partial charge >= 0.3 is 5.97 Å². The molecule has 0 amide bonds. The molecule has 0 fully saturated rings. The van der Waals surface area contributed by atoms with Crippen LogP contribution >= 0.6 is 11.3 Å². The van der Waals surface area contributed by atoms with Crippen molar-refractivity contribution in [3.05, 3.63) is 52.0 Å². The zero-order chi connectivity index (χ0) is 13.0. The molecule has 0 aliphatic heterocycles. The maximum absolute atomic E-state index is 13.5. The summed E-state index contributed by atoms with van der Waals surface area (Å²) < 4.78 is 18.7. The van der Waals surface area contributed by atoms with Crippen LogP contribution in [0.2, 0.25) is 0 Å². The third-order valence-electron chi connectivity index (χ3n) is 2.41. The molecule has 0 unspecified atom stereocenters.